The lowest BCUT2D eigenvalue weighted by molar-refractivity contribution is 0.0471. The number of piperidine rings is 1. The zero-order chi connectivity index (χ0) is 12.3. The van der Waals surface area contributed by atoms with Crippen molar-refractivity contribution in [1.82, 2.24) is 4.90 Å². The maximum Gasteiger partial charge on any atom is 0.289 e. The topological polar surface area (TPSA) is 53.7 Å². The van der Waals surface area contributed by atoms with Gasteiger partial charge in [-0.3, -0.25) is 4.79 Å². The Morgan fingerprint density at radius 1 is 1.53 bits per heavy atom. The fourth-order valence-corrected chi connectivity index (χ4v) is 2.28. The molecule has 4 heteroatoms. The number of carbonyl (C=O) groups is 1. The van der Waals surface area contributed by atoms with Crippen molar-refractivity contribution in [2.75, 3.05) is 13.2 Å². The highest BCUT2D eigenvalue weighted by atomic mass is 16.4. The Balaban J connectivity index is 2.12. The summed E-state index contributed by atoms with van der Waals surface area (Å²) in [6.07, 6.45) is 3.75. The summed E-state index contributed by atoms with van der Waals surface area (Å²) in [7, 11) is 0. The maximum atomic E-state index is 12.2. The second kappa shape index (κ2) is 5.36. The normalized spacial score (nSPS) is 20.6. The fourth-order valence-electron chi connectivity index (χ4n) is 2.28. The molecule has 0 saturated carbocycles. The van der Waals surface area contributed by atoms with Crippen LogP contribution in [-0.4, -0.2) is 35.1 Å². The zero-order valence-electron chi connectivity index (χ0n) is 10.2. The molecule has 0 bridgehead atoms. The standard InChI is InChI=1S/C13H19NO3/c1-2-11-6-7-12(17-11)13(16)14-8-4-3-5-10(14)9-15/h6-7,10,15H,2-5,8-9H2,1H3. The second-order valence-electron chi connectivity index (χ2n) is 4.45. The van der Waals surface area contributed by atoms with Crippen molar-refractivity contribution in [1.29, 1.82) is 0 Å². The average Bonchev–Trinajstić information content (AvgIpc) is 2.86. The number of nitrogens with zero attached hydrogens (tertiary/aromatic N) is 1. The van der Waals surface area contributed by atoms with Crippen molar-refractivity contribution in [3.05, 3.63) is 23.7 Å². The summed E-state index contributed by atoms with van der Waals surface area (Å²) < 4.78 is 5.47. The van der Waals surface area contributed by atoms with Gasteiger partial charge in [-0.2, -0.15) is 0 Å². The third kappa shape index (κ3) is 2.52. The number of aryl methyl sites for hydroxylation is 1. The molecule has 1 aromatic heterocycles. The molecule has 0 aromatic carbocycles. The first kappa shape index (κ1) is 12.2. The number of furan rings is 1. The van der Waals surface area contributed by atoms with E-state index in [4.69, 9.17) is 4.42 Å². The highest BCUT2D eigenvalue weighted by Gasteiger charge is 2.28. The molecule has 1 amide bonds. The molecule has 2 rings (SSSR count). The van der Waals surface area contributed by atoms with E-state index in [-0.39, 0.29) is 18.6 Å². The molecule has 2 heterocycles. The van der Waals surface area contributed by atoms with Gasteiger partial charge in [0, 0.05) is 13.0 Å². The monoisotopic (exact) mass is 237 g/mol. The molecule has 17 heavy (non-hydrogen) atoms. The van der Waals surface area contributed by atoms with Gasteiger partial charge in [-0.25, -0.2) is 0 Å². The molecule has 0 spiro atoms. The molecule has 1 aliphatic rings. The third-order valence-corrected chi connectivity index (χ3v) is 3.32. The van der Waals surface area contributed by atoms with Gasteiger partial charge in [0.1, 0.15) is 5.76 Å². The van der Waals surface area contributed by atoms with E-state index < -0.39 is 0 Å². The van der Waals surface area contributed by atoms with E-state index in [9.17, 15) is 9.90 Å². The molecule has 0 radical (unpaired) electrons. The summed E-state index contributed by atoms with van der Waals surface area (Å²) in [5.74, 6) is 1.12. The van der Waals surface area contributed by atoms with Gasteiger partial charge in [0.15, 0.2) is 5.76 Å². The van der Waals surface area contributed by atoms with Crippen LogP contribution in [0.15, 0.2) is 16.5 Å². The molecule has 94 valence electrons. The summed E-state index contributed by atoms with van der Waals surface area (Å²) in [4.78, 5) is 14.0. The van der Waals surface area contributed by atoms with Crippen molar-refractivity contribution in [2.45, 2.75) is 38.6 Å². The fraction of sp³-hybridized carbons (Fsp3) is 0.615. The Labute approximate surface area is 101 Å². The Morgan fingerprint density at radius 2 is 2.35 bits per heavy atom. The second-order valence-corrected chi connectivity index (χ2v) is 4.45. The van der Waals surface area contributed by atoms with Crippen LogP contribution in [0.5, 0.6) is 0 Å². The van der Waals surface area contributed by atoms with E-state index in [2.05, 4.69) is 0 Å². The quantitative estimate of drug-likeness (QED) is 0.872. The molecule has 1 atom stereocenters. The van der Waals surface area contributed by atoms with Crippen LogP contribution in [-0.2, 0) is 6.42 Å². The van der Waals surface area contributed by atoms with Crippen molar-refractivity contribution < 1.29 is 14.3 Å². The van der Waals surface area contributed by atoms with Crippen LogP contribution in [0, 0.1) is 0 Å². The lowest BCUT2D eigenvalue weighted by Gasteiger charge is -2.33. The lowest BCUT2D eigenvalue weighted by atomic mass is 10.0. The van der Waals surface area contributed by atoms with Gasteiger partial charge < -0.3 is 14.4 Å². The predicted octanol–water partition coefficient (Wildman–Crippen LogP) is 1.83. The Hall–Kier alpha value is -1.29. The van der Waals surface area contributed by atoms with Crippen LogP contribution in [0.1, 0.15) is 42.5 Å². The molecule has 1 unspecified atom stereocenters. The molecule has 1 aliphatic heterocycles. The van der Waals surface area contributed by atoms with E-state index in [1.807, 2.05) is 13.0 Å². The van der Waals surface area contributed by atoms with Crippen molar-refractivity contribution in [2.24, 2.45) is 0 Å². The first-order chi connectivity index (χ1) is 8.26. The summed E-state index contributed by atoms with van der Waals surface area (Å²) in [5.41, 5.74) is 0. The summed E-state index contributed by atoms with van der Waals surface area (Å²) >= 11 is 0. The van der Waals surface area contributed by atoms with Crippen LogP contribution in [0.25, 0.3) is 0 Å². The number of aliphatic hydroxyl groups is 1. The molecule has 1 N–H and O–H groups in total. The summed E-state index contributed by atoms with van der Waals surface area (Å²) in [6.45, 7) is 2.74. The SMILES string of the molecule is CCc1ccc(C(=O)N2CCCCC2CO)o1. The molecule has 1 fully saturated rings. The minimum Gasteiger partial charge on any atom is -0.456 e. The number of likely N-dealkylation sites (tertiary alicyclic amines) is 1. The molecule has 4 nitrogen and oxygen atoms in total. The van der Waals surface area contributed by atoms with Crippen LogP contribution in [0.2, 0.25) is 0 Å². The zero-order valence-corrected chi connectivity index (χ0v) is 10.2. The van der Waals surface area contributed by atoms with Gasteiger partial charge in [-0.05, 0) is 31.4 Å². The molecular formula is C13H19NO3. The van der Waals surface area contributed by atoms with Crippen LogP contribution >= 0.6 is 0 Å². The van der Waals surface area contributed by atoms with Gasteiger partial charge >= 0.3 is 0 Å². The highest BCUT2D eigenvalue weighted by molar-refractivity contribution is 5.91. The minimum atomic E-state index is -0.0940. The van der Waals surface area contributed by atoms with Gasteiger partial charge in [-0.15, -0.1) is 0 Å². The highest BCUT2D eigenvalue weighted by Crippen LogP contribution is 2.20. The average molecular weight is 237 g/mol. The van der Waals surface area contributed by atoms with Gasteiger partial charge in [0.2, 0.25) is 0 Å². The van der Waals surface area contributed by atoms with Gasteiger partial charge in [0.25, 0.3) is 5.91 Å². The first-order valence-corrected chi connectivity index (χ1v) is 6.26. The number of hydrogen-bond donors (Lipinski definition) is 1. The molecular weight excluding hydrogens is 218 g/mol. The minimum absolute atomic E-state index is 0.0348. The van der Waals surface area contributed by atoms with E-state index in [1.54, 1.807) is 11.0 Å². The Morgan fingerprint density at radius 3 is 3.00 bits per heavy atom. The van der Waals surface area contributed by atoms with Gasteiger partial charge in [0.05, 0.1) is 12.6 Å². The Kier molecular flexibility index (Phi) is 3.84. The number of amides is 1. The predicted molar refractivity (Wildman–Crippen MR) is 63.8 cm³/mol. The van der Waals surface area contributed by atoms with Gasteiger partial charge in [-0.1, -0.05) is 6.92 Å². The van der Waals surface area contributed by atoms with Crippen LogP contribution in [0.4, 0.5) is 0 Å². The summed E-state index contributed by atoms with van der Waals surface area (Å²) in [6, 6.07) is 3.52. The van der Waals surface area contributed by atoms with E-state index >= 15 is 0 Å². The van der Waals surface area contributed by atoms with Crippen molar-refractivity contribution >= 4 is 5.91 Å². The number of hydrogen-bond acceptors (Lipinski definition) is 3. The maximum absolute atomic E-state index is 12.2. The molecule has 1 aromatic rings. The molecule has 0 aliphatic carbocycles. The number of rotatable bonds is 3. The van der Waals surface area contributed by atoms with Crippen molar-refractivity contribution in [3.8, 4) is 0 Å². The largest absolute Gasteiger partial charge is 0.456 e. The van der Waals surface area contributed by atoms with E-state index in [0.29, 0.717) is 12.3 Å². The number of carbonyl (C=O) groups excluding carboxylic acids is 1. The first-order valence-electron chi connectivity index (χ1n) is 6.26. The third-order valence-electron chi connectivity index (χ3n) is 3.32. The smallest absolute Gasteiger partial charge is 0.289 e. The van der Waals surface area contributed by atoms with Crippen LogP contribution in [0.3, 0.4) is 0 Å². The van der Waals surface area contributed by atoms with Crippen molar-refractivity contribution in [3.63, 3.8) is 0 Å². The van der Waals surface area contributed by atoms with E-state index in [1.165, 1.54) is 0 Å². The number of aliphatic hydroxyl groups excluding tert-OH is 1. The lowest BCUT2D eigenvalue weighted by Crippen LogP contribution is -2.45. The Bertz CT molecular complexity index is 386. The van der Waals surface area contributed by atoms with Crippen LogP contribution < -0.4 is 0 Å². The summed E-state index contributed by atoms with van der Waals surface area (Å²) in [5, 5.41) is 9.28. The van der Waals surface area contributed by atoms with E-state index in [0.717, 1.165) is 31.4 Å². The molecule has 1 saturated heterocycles.